The van der Waals surface area contributed by atoms with Crippen molar-refractivity contribution in [2.24, 2.45) is 11.8 Å². The largest absolute Gasteiger partial charge is 0.495 e. The van der Waals surface area contributed by atoms with Crippen LogP contribution in [0.4, 0.5) is 13.2 Å². The van der Waals surface area contributed by atoms with Crippen LogP contribution in [0.5, 0.6) is 11.5 Å². The number of carbonyl (C=O) groups is 5. The number of methoxy groups -OCH3 is 1. The molecular formula is C45H50F3N5O7. The summed E-state index contributed by atoms with van der Waals surface area (Å²) in [5, 5.41) is 5.49. The van der Waals surface area contributed by atoms with Crippen LogP contribution in [0.3, 0.4) is 0 Å². The van der Waals surface area contributed by atoms with Crippen molar-refractivity contribution in [1.82, 2.24) is 25.4 Å². The van der Waals surface area contributed by atoms with Crippen molar-refractivity contribution in [3.05, 3.63) is 107 Å². The summed E-state index contributed by atoms with van der Waals surface area (Å²) in [6.07, 6.45) is 5.28. The minimum atomic E-state index is -4.16. The zero-order valence-corrected chi connectivity index (χ0v) is 33.8. The van der Waals surface area contributed by atoms with E-state index in [0.717, 1.165) is 28.9 Å². The summed E-state index contributed by atoms with van der Waals surface area (Å²) < 4.78 is 50.5. The second-order valence-corrected chi connectivity index (χ2v) is 15.6. The number of hydrogen-bond acceptors (Lipinski definition) is 8. The highest BCUT2D eigenvalue weighted by molar-refractivity contribution is 6.23. The number of hydrogen-bond donors (Lipinski definition) is 2. The summed E-state index contributed by atoms with van der Waals surface area (Å²) in [7, 11) is 3.24. The predicted molar refractivity (Wildman–Crippen MR) is 217 cm³/mol. The Morgan fingerprint density at radius 1 is 0.983 bits per heavy atom. The zero-order chi connectivity index (χ0) is 43.0. The number of amides is 5. The van der Waals surface area contributed by atoms with Gasteiger partial charge in [-0.05, 0) is 99.1 Å². The van der Waals surface area contributed by atoms with Gasteiger partial charge in [0.1, 0.15) is 23.2 Å². The van der Waals surface area contributed by atoms with Gasteiger partial charge in [-0.15, -0.1) is 0 Å². The number of nitrogens with zero attached hydrogens (tertiary/aromatic N) is 3. The van der Waals surface area contributed by atoms with E-state index in [2.05, 4.69) is 22.2 Å². The van der Waals surface area contributed by atoms with Crippen molar-refractivity contribution in [2.45, 2.75) is 83.0 Å². The zero-order valence-electron chi connectivity index (χ0n) is 33.8. The van der Waals surface area contributed by atoms with Crippen molar-refractivity contribution in [2.75, 3.05) is 27.3 Å². The van der Waals surface area contributed by atoms with E-state index in [1.54, 1.807) is 42.3 Å². The first-order valence-corrected chi connectivity index (χ1v) is 20.2. The minimum absolute atomic E-state index is 0.00703. The molecule has 2 aromatic carbocycles. The van der Waals surface area contributed by atoms with Gasteiger partial charge in [0.15, 0.2) is 0 Å². The van der Waals surface area contributed by atoms with Crippen LogP contribution in [0.15, 0.2) is 73.1 Å². The number of allylic oxidation sites excluding steroid dienone is 2. The number of unbranched alkanes of at least 4 members (excludes halogenated alkanes) is 2. The number of fused-ring (bicyclic) bond motifs is 1. The van der Waals surface area contributed by atoms with Crippen molar-refractivity contribution in [3.8, 4) is 11.5 Å². The fraction of sp³-hybridized carbons (Fsp3) is 0.422. The van der Waals surface area contributed by atoms with Gasteiger partial charge >= 0.3 is 6.18 Å². The van der Waals surface area contributed by atoms with Gasteiger partial charge in [-0.3, -0.25) is 28.9 Å². The van der Waals surface area contributed by atoms with Gasteiger partial charge < -0.3 is 25.0 Å². The molecule has 318 valence electrons. The lowest BCUT2D eigenvalue weighted by molar-refractivity contribution is -0.183. The van der Waals surface area contributed by atoms with Crippen LogP contribution in [0.2, 0.25) is 0 Å². The van der Waals surface area contributed by atoms with Crippen LogP contribution >= 0.6 is 0 Å². The highest BCUT2D eigenvalue weighted by atomic mass is 19.4. The Bertz CT molecular complexity index is 2150. The van der Waals surface area contributed by atoms with E-state index in [-0.39, 0.29) is 54.5 Å². The predicted octanol–water partition coefficient (Wildman–Crippen LogP) is 7.04. The lowest BCUT2D eigenvalue weighted by Crippen LogP contribution is -2.51. The highest BCUT2D eigenvalue weighted by Crippen LogP contribution is 2.40. The Balaban J connectivity index is 0.906. The van der Waals surface area contributed by atoms with E-state index in [1.165, 1.54) is 13.3 Å². The number of benzene rings is 2. The van der Waals surface area contributed by atoms with Gasteiger partial charge in [0, 0.05) is 31.4 Å². The quantitative estimate of drug-likeness (QED) is 0.116. The van der Waals surface area contributed by atoms with Gasteiger partial charge in [0.05, 0.1) is 43.4 Å². The Hall–Kier alpha value is -5.99. The number of carbonyl (C=O) groups excluding carboxylic acids is 5. The van der Waals surface area contributed by atoms with E-state index in [4.69, 9.17) is 9.47 Å². The van der Waals surface area contributed by atoms with Gasteiger partial charge in [-0.25, -0.2) is 4.98 Å². The lowest BCUT2D eigenvalue weighted by Gasteiger charge is -2.29. The maximum absolute atomic E-state index is 13.1. The third-order valence-electron chi connectivity index (χ3n) is 11.3. The number of alkyl halides is 3. The van der Waals surface area contributed by atoms with Crippen LogP contribution in [-0.4, -0.2) is 83.8 Å². The fourth-order valence-electron chi connectivity index (χ4n) is 7.76. The summed E-state index contributed by atoms with van der Waals surface area (Å²) in [6.45, 7) is 4.88. The molecule has 0 bridgehead atoms. The van der Waals surface area contributed by atoms with Crippen molar-refractivity contribution >= 4 is 35.6 Å². The molecule has 2 fully saturated rings. The minimum Gasteiger partial charge on any atom is -0.495 e. The molecule has 3 aromatic rings. The molecule has 1 aromatic heterocycles. The van der Waals surface area contributed by atoms with Crippen molar-refractivity contribution in [1.29, 1.82) is 0 Å². The number of rotatable bonds is 16. The Morgan fingerprint density at radius 3 is 2.47 bits per heavy atom. The fourth-order valence-corrected chi connectivity index (χ4v) is 7.76. The van der Waals surface area contributed by atoms with Crippen LogP contribution in [0, 0.1) is 11.8 Å². The van der Waals surface area contributed by atoms with Crippen molar-refractivity contribution < 1.29 is 46.6 Å². The van der Waals surface area contributed by atoms with E-state index in [9.17, 15) is 37.1 Å². The molecule has 6 rings (SSSR count). The molecular weight excluding hydrogens is 780 g/mol. The maximum atomic E-state index is 13.1. The van der Waals surface area contributed by atoms with E-state index in [1.807, 2.05) is 30.3 Å². The average Bonchev–Trinajstić information content (AvgIpc) is 3.47. The number of piperidine rings is 1. The number of ether oxygens (including phenoxy) is 2. The number of aromatic nitrogens is 1. The molecule has 1 atom stereocenters. The summed E-state index contributed by atoms with van der Waals surface area (Å²) in [6, 6.07) is 12.9. The van der Waals surface area contributed by atoms with Gasteiger partial charge in [-0.1, -0.05) is 43.0 Å². The number of nitrogens with one attached hydrogen (secondary N) is 2. The Morgan fingerprint density at radius 2 is 1.73 bits per heavy atom. The van der Waals surface area contributed by atoms with E-state index in [0.29, 0.717) is 68.0 Å². The second kappa shape index (κ2) is 19.4. The number of likely N-dealkylation sites (N-methyl/N-ethyl adjacent to an activating group) is 1. The molecule has 2 aliphatic heterocycles. The Labute approximate surface area is 347 Å². The van der Waals surface area contributed by atoms with E-state index >= 15 is 0 Å². The molecule has 1 aliphatic carbocycles. The number of pyridine rings is 1. The summed E-state index contributed by atoms with van der Waals surface area (Å²) in [5.74, 6) is -2.24. The normalized spacial score (nSPS) is 19.3. The monoisotopic (exact) mass is 829 g/mol. The lowest BCUT2D eigenvalue weighted by atomic mass is 9.81. The van der Waals surface area contributed by atoms with Crippen LogP contribution < -0.4 is 20.1 Å². The first-order chi connectivity index (χ1) is 28.7. The third-order valence-corrected chi connectivity index (χ3v) is 11.3. The standard InChI is InChI=1S/C45H50F3N5O7/c1-28-10-19-38(42(56)51-28)53-43(57)35-18-17-34(25-36(35)44(53)58)60-21-6-4-5-20-52(2)40(54)23-30-8-7-9-31(22-30)26-50-41(55)37-24-32(39(59-3)27-49-37)14-11-29-12-15-33(16-13-29)45(46,47)48/h7-9,11,14,17-18,22,24-25,27,29,33,38H,1,4-6,10,12-13,15-16,19-21,23,26H2,2-3H3,(H,50,55)(H,51,56)/b14-11+/t29-,33-,38?. The molecule has 12 nitrogen and oxygen atoms in total. The first-order valence-electron chi connectivity index (χ1n) is 20.2. The molecule has 0 spiro atoms. The van der Waals surface area contributed by atoms with Crippen LogP contribution in [0.1, 0.15) is 106 Å². The molecule has 15 heteroatoms. The average molecular weight is 830 g/mol. The smallest absolute Gasteiger partial charge is 0.391 e. The van der Waals surface area contributed by atoms with Gasteiger partial charge in [0.2, 0.25) is 11.8 Å². The molecule has 0 radical (unpaired) electrons. The van der Waals surface area contributed by atoms with Gasteiger partial charge in [-0.2, -0.15) is 13.2 Å². The third kappa shape index (κ3) is 10.8. The summed E-state index contributed by atoms with van der Waals surface area (Å²) in [5.41, 5.74) is 3.40. The van der Waals surface area contributed by atoms with Gasteiger partial charge in [0.25, 0.3) is 17.7 Å². The number of imide groups is 1. The molecule has 1 saturated heterocycles. The molecule has 5 amide bonds. The highest BCUT2D eigenvalue weighted by Gasteiger charge is 2.44. The summed E-state index contributed by atoms with van der Waals surface area (Å²) in [4.78, 5) is 71.7. The Kier molecular flexibility index (Phi) is 14.1. The second-order valence-electron chi connectivity index (χ2n) is 15.6. The van der Waals surface area contributed by atoms with Crippen molar-refractivity contribution in [3.63, 3.8) is 0 Å². The molecule has 3 aliphatic rings. The SMILES string of the molecule is C=C1CCC(N2C(=O)c3ccc(OCCCCCN(C)C(=O)Cc4cccc(CNC(=O)c5cc(/C=C/[C@H]6CC[C@H](C(F)(F)F)CC6)c(OC)cn5)c4)cc3C2=O)C(=O)N1. The van der Waals surface area contributed by atoms with E-state index < -0.39 is 41.8 Å². The van der Waals surface area contributed by atoms with Crippen LogP contribution in [0.25, 0.3) is 6.08 Å². The maximum Gasteiger partial charge on any atom is 0.391 e. The topological polar surface area (TPSA) is 147 Å². The molecule has 2 N–H and O–H groups in total. The summed E-state index contributed by atoms with van der Waals surface area (Å²) >= 11 is 0. The van der Waals surface area contributed by atoms with Crippen LogP contribution in [-0.2, 0) is 22.6 Å². The first kappa shape index (κ1) is 43.6. The number of halogens is 3. The molecule has 1 unspecified atom stereocenters. The molecule has 60 heavy (non-hydrogen) atoms. The molecule has 1 saturated carbocycles. The molecule has 3 heterocycles.